The molecule has 4 nitrogen and oxygen atoms in total. The van der Waals surface area contributed by atoms with Crippen LogP contribution in [-0.4, -0.2) is 23.9 Å². The van der Waals surface area contributed by atoms with Crippen LogP contribution in [0.25, 0.3) is 0 Å². The molecule has 1 aliphatic rings. The van der Waals surface area contributed by atoms with E-state index in [0.29, 0.717) is 28.0 Å². The molecule has 0 aliphatic carbocycles. The summed E-state index contributed by atoms with van der Waals surface area (Å²) in [5.74, 6) is -0.154. The molecule has 21 heavy (non-hydrogen) atoms. The maximum Gasteiger partial charge on any atom is 0.250 e. The summed E-state index contributed by atoms with van der Waals surface area (Å²) in [6.45, 7) is 3.89. The number of nitrogens with one attached hydrogen (secondary N) is 1. The molecule has 1 aromatic carbocycles. The van der Waals surface area contributed by atoms with Gasteiger partial charge in [-0.1, -0.05) is 31.9 Å². The molecule has 1 heterocycles. The number of hydrogen-bond acceptors (Lipinski definition) is 2. The van der Waals surface area contributed by atoms with Crippen molar-refractivity contribution in [3.63, 3.8) is 0 Å². The zero-order chi connectivity index (χ0) is 15.6. The summed E-state index contributed by atoms with van der Waals surface area (Å²) in [5.41, 5.74) is 0.694. The number of halogens is 2. The quantitative estimate of drug-likeness (QED) is 0.878. The van der Waals surface area contributed by atoms with Crippen LogP contribution in [0.15, 0.2) is 22.7 Å². The maximum atomic E-state index is 12.7. The summed E-state index contributed by atoms with van der Waals surface area (Å²) in [4.78, 5) is 26.5. The van der Waals surface area contributed by atoms with Crippen molar-refractivity contribution in [2.24, 2.45) is 0 Å². The number of piperazine rings is 1. The van der Waals surface area contributed by atoms with Crippen LogP contribution in [-0.2, 0) is 9.59 Å². The molecule has 6 heteroatoms. The van der Waals surface area contributed by atoms with Crippen molar-refractivity contribution >= 4 is 45.0 Å². The molecule has 0 radical (unpaired) electrons. The van der Waals surface area contributed by atoms with E-state index in [4.69, 9.17) is 11.6 Å². The zero-order valence-corrected chi connectivity index (χ0v) is 14.4. The molecule has 0 spiro atoms. The predicted molar refractivity (Wildman–Crippen MR) is 87.6 cm³/mol. The first-order valence-corrected chi connectivity index (χ1v) is 8.25. The fraction of sp³-hybridized carbons (Fsp3) is 0.467. The molecule has 0 aromatic heterocycles. The van der Waals surface area contributed by atoms with Gasteiger partial charge in [0.05, 0.1) is 5.02 Å². The Morgan fingerprint density at radius 1 is 1.33 bits per heavy atom. The Hall–Kier alpha value is -1.07. The number of amides is 2. The highest BCUT2D eigenvalue weighted by atomic mass is 79.9. The Morgan fingerprint density at radius 3 is 2.62 bits per heavy atom. The Morgan fingerprint density at radius 2 is 2.05 bits per heavy atom. The van der Waals surface area contributed by atoms with Gasteiger partial charge in [0.1, 0.15) is 12.1 Å². The van der Waals surface area contributed by atoms with Gasteiger partial charge in [0, 0.05) is 10.2 Å². The van der Waals surface area contributed by atoms with Gasteiger partial charge in [0.2, 0.25) is 11.8 Å². The average Bonchev–Trinajstić information content (AvgIpc) is 2.45. The lowest BCUT2D eigenvalue weighted by Gasteiger charge is -2.38. The van der Waals surface area contributed by atoms with E-state index in [1.165, 1.54) is 0 Å². The largest absolute Gasteiger partial charge is 0.342 e. The SMILES string of the molecule is CCCC1NC(=O)C(CC)N(c2ccc(Cl)c(Br)c2)C1=O. The topological polar surface area (TPSA) is 49.4 Å². The van der Waals surface area contributed by atoms with Crippen LogP contribution in [0.4, 0.5) is 5.69 Å². The number of carbonyl (C=O) groups is 2. The number of benzene rings is 1. The third-order valence-electron chi connectivity index (χ3n) is 3.61. The van der Waals surface area contributed by atoms with E-state index in [1.807, 2.05) is 13.8 Å². The van der Waals surface area contributed by atoms with Gasteiger partial charge in [-0.2, -0.15) is 0 Å². The molecule has 2 unspecified atom stereocenters. The summed E-state index contributed by atoms with van der Waals surface area (Å²) >= 11 is 9.37. The van der Waals surface area contributed by atoms with E-state index in [2.05, 4.69) is 21.2 Å². The minimum absolute atomic E-state index is 0.0578. The van der Waals surface area contributed by atoms with Crippen molar-refractivity contribution in [1.82, 2.24) is 5.32 Å². The van der Waals surface area contributed by atoms with Gasteiger partial charge >= 0.3 is 0 Å². The fourth-order valence-corrected chi connectivity index (χ4v) is 3.05. The number of hydrogen-bond donors (Lipinski definition) is 1. The van der Waals surface area contributed by atoms with Crippen molar-refractivity contribution in [3.8, 4) is 0 Å². The Kier molecular flexibility index (Phi) is 5.27. The number of anilines is 1. The minimum Gasteiger partial charge on any atom is -0.342 e. The first-order valence-electron chi connectivity index (χ1n) is 7.08. The van der Waals surface area contributed by atoms with Gasteiger partial charge in [-0.25, -0.2) is 0 Å². The van der Waals surface area contributed by atoms with Crippen LogP contribution in [0.1, 0.15) is 33.1 Å². The van der Waals surface area contributed by atoms with Crippen LogP contribution in [0, 0.1) is 0 Å². The van der Waals surface area contributed by atoms with E-state index in [9.17, 15) is 9.59 Å². The minimum atomic E-state index is -0.473. The maximum absolute atomic E-state index is 12.7. The second-order valence-electron chi connectivity index (χ2n) is 5.08. The van der Waals surface area contributed by atoms with Gasteiger partial charge in [0.15, 0.2) is 0 Å². The Labute approximate surface area is 138 Å². The van der Waals surface area contributed by atoms with Crippen LogP contribution in [0.5, 0.6) is 0 Å². The lowest BCUT2D eigenvalue weighted by atomic mass is 10.0. The van der Waals surface area contributed by atoms with E-state index in [0.717, 1.165) is 6.42 Å². The van der Waals surface area contributed by atoms with Crippen LogP contribution < -0.4 is 10.2 Å². The molecule has 1 saturated heterocycles. The average molecular weight is 374 g/mol. The summed E-state index contributed by atoms with van der Waals surface area (Å²) in [6.07, 6.45) is 2.05. The highest BCUT2D eigenvalue weighted by Gasteiger charge is 2.39. The number of rotatable bonds is 4. The molecule has 0 saturated carbocycles. The molecule has 2 rings (SSSR count). The highest BCUT2D eigenvalue weighted by molar-refractivity contribution is 9.10. The van der Waals surface area contributed by atoms with Gasteiger partial charge in [-0.15, -0.1) is 0 Å². The molecular formula is C15H18BrClN2O2. The number of nitrogens with zero attached hydrogens (tertiary/aromatic N) is 1. The highest BCUT2D eigenvalue weighted by Crippen LogP contribution is 2.31. The molecular weight excluding hydrogens is 356 g/mol. The third-order valence-corrected chi connectivity index (χ3v) is 4.83. The Bertz CT molecular complexity index is 565. The molecule has 1 N–H and O–H groups in total. The van der Waals surface area contributed by atoms with Crippen molar-refractivity contribution in [1.29, 1.82) is 0 Å². The van der Waals surface area contributed by atoms with Gasteiger partial charge in [-0.05, 0) is 47.0 Å². The zero-order valence-electron chi connectivity index (χ0n) is 12.0. The second-order valence-corrected chi connectivity index (χ2v) is 6.34. The first kappa shape index (κ1) is 16.3. The van der Waals surface area contributed by atoms with Crippen LogP contribution >= 0.6 is 27.5 Å². The van der Waals surface area contributed by atoms with E-state index in [-0.39, 0.29) is 11.8 Å². The van der Waals surface area contributed by atoms with Gasteiger partial charge in [-0.3, -0.25) is 14.5 Å². The molecule has 2 atom stereocenters. The standard InChI is InChI=1S/C15H18BrClN2O2/c1-3-5-12-15(21)19(13(4-2)14(20)18-12)9-6-7-11(17)10(16)8-9/h6-8,12-13H,3-5H2,1-2H3,(H,18,20). The van der Waals surface area contributed by atoms with Gasteiger partial charge in [0.25, 0.3) is 0 Å². The van der Waals surface area contributed by atoms with Crippen molar-refractivity contribution in [3.05, 3.63) is 27.7 Å². The summed E-state index contributed by atoms with van der Waals surface area (Å²) < 4.78 is 0.711. The Balaban J connectivity index is 2.41. The van der Waals surface area contributed by atoms with E-state index in [1.54, 1.807) is 23.1 Å². The van der Waals surface area contributed by atoms with Crippen molar-refractivity contribution in [2.45, 2.75) is 45.2 Å². The lowest BCUT2D eigenvalue weighted by molar-refractivity contribution is -0.134. The van der Waals surface area contributed by atoms with Crippen molar-refractivity contribution < 1.29 is 9.59 Å². The molecule has 1 aromatic rings. The molecule has 114 valence electrons. The van der Waals surface area contributed by atoms with Crippen molar-refractivity contribution in [2.75, 3.05) is 4.90 Å². The summed E-state index contributed by atoms with van der Waals surface area (Å²) in [6, 6.07) is 4.36. The normalized spacial score (nSPS) is 22.4. The third kappa shape index (κ3) is 3.24. The lowest BCUT2D eigenvalue weighted by Crippen LogP contribution is -2.63. The monoisotopic (exact) mass is 372 g/mol. The summed E-state index contributed by atoms with van der Waals surface area (Å²) in [7, 11) is 0. The number of carbonyl (C=O) groups excluding carboxylic acids is 2. The van der Waals surface area contributed by atoms with E-state index < -0.39 is 12.1 Å². The molecule has 0 bridgehead atoms. The fourth-order valence-electron chi connectivity index (χ4n) is 2.56. The van der Waals surface area contributed by atoms with Gasteiger partial charge < -0.3 is 5.32 Å². The first-order chi connectivity index (χ1) is 9.99. The molecule has 2 amide bonds. The predicted octanol–water partition coefficient (Wildman–Crippen LogP) is 3.51. The second kappa shape index (κ2) is 6.79. The summed E-state index contributed by atoms with van der Waals surface area (Å²) in [5, 5.41) is 3.40. The van der Waals surface area contributed by atoms with Crippen LogP contribution in [0.2, 0.25) is 5.02 Å². The molecule has 1 fully saturated rings. The van der Waals surface area contributed by atoms with Crippen LogP contribution in [0.3, 0.4) is 0 Å². The smallest absolute Gasteiger partial charge is 0.250 e. The van der Waals surface area contributed by atoms with E-state index >= 15 is 0 Å². The molecule has 1 aliphatic heterocycles.